The Morgan fingerprint density at radius 2 is 1.29 bits per heavy atom. The number of benzene rings is 3. The first kappa shape index (κ1) is 16.0. The van der Waals surface area contributed by atoms with Crippen LogP contribution in [0.4, 0.5) is 0 Å². The van der Waals surface area contributed by atoms with Gasteiger partial charge in [-0.3, -0.25) is 0 Å². The molecule has 0 aliphatic heterocycles. The molecule has 0 fully saturated rings. The molecule has 0 saturated heterocycles. The lowest BCUT2D eigenvalue weighted by atomic mass is 9.97. The highest BCUT2D eigenvalue weighted by Crippen LogP contribution is 2.28. The average molecular weight is 322 g/mol. The van der Waals surface area contributed by atoms with Gasteiger partial charge in [0.05, 0.1) is 0 Å². The zero-order valence-corrected chi connectivity index (χ0v) is 15.2. The summed E-state index contributed by atoms with van der Waals surface area (Å²) in [4.78, 5) is 0. The molecule has 0 bridgehead atoms. The third-order valence-electron chi connectivity index (χ3n) is 3.59. The van der Waals surface area contributed by atoms with Crippen LogP contribution in [-0.2, 0) is 0 Å². The molecule has 0 nitrogen and oxygen atoms in total. The van der Waals surface area contributed by atoms with Crippen LogP contribution in [0, 0.1) is 35.1 Å². The third kappa shape index (κ3) is 3.69. The van der Waals surface area contributed by atoms with Crippen LogP contribution in [0.25, 0.3) is 21.5 Å². The molecular weight excluding hydrogens is 304 g/mol. The Labute approximate surface area is 144 Å². The lowest BCUT2D eigenvalue weighted by Crippen LogP contribution is -2.16. The number of fused-ring (bicyclic) bond motifs is 3. The van der Waals surface area contributed by atoms with E-state index >= 15 is 0 Å². The van der Waals surface area contributed by atoms with Crippen LogP contribution in [0.5, 0.6) is 0 Å². The van der Waals surface area contributed by atoms with Gasteiger partial charge in [0.2, 0.25) is 0 Å². The monoisotopic (exact) mass is 322 g/mol. The van der Waals surface area contributed by atoms with Gasteiger partial charge in [0.15, 0.2) is 0 Å². The predicted molar refractivity (Wildman–Crippen MR) is 107 cm³/mol. The average Bonchev–Trinajstić information content (AvgIpc) is 2.57. The molecule has 0 heterocycles. The first-order chi connectivity index (χ1) is 11.5. The van der Waals surface area contributed by atoms with Gasteiger partial charge in [0.25, 0.3) is 0 Å². The van der Waals surface area contributed by atoms with Gasteiger partial charge in [-0.05, 0) is 51.3 Å². The summed E-state index contributed by atoms with van der Waals surface area (Å²) in [5.74, 6) is 14.8. The van der Waals surface area contributed by atoms with Gasteiger partial charge in [0, 0.05) is 5.56 Å². The highest BCUT2D eigenvalue weighted by molar-refractivity contribution is 6.83. The van der Waals surface area contributed by atoms with Gasteiger partial charge in [-0.25, -0.2) is 0 Å². The Morgan fingerprint density at radius 3 is 2.04 bits per heavy atom. The minimum Gasteiger partial charge on any atom is -0.118 e. The summed E-state index contributed by atoms with van der Waals surface area (Å²) in [5, 5.41) is 4.85. The first-order valence-electron chi connectivity index (χ1n) is 7.98. The van der Waals surface area contributed by atoms with Gasteiger partial charge in [-0.1, -0.05) is 74.1 Å². The van der Waals surface area contributed by atoms with Crippen LogP contribution in [-0.4, -0.2) is 8.07 Å². The summed E-state index contributed by atoms with van der Waals surface area (Å²) < 4.78 is 0. The first-order valence-corrected chi connectivity index (χ1v) is 11.5. The van der Waals surface area contributed by atoms with Crippen molar-refractivity contribution in [3.63, 3.8) is 0 Å². The minimum atomic E-state index is -1.36. The molecule has 24 heavy (non-hydrogen) atoms. The fraction of sp³-hybridized carbons (Fsp3) is 0.130. The largest absolute Gasteiger partial charge is 0.130 e. The fourth-order valence-electron chi connectivity index (χ4n) is 2.54. The topological polar surface area (TPSA) is 0 Å². The molecule has 0 aromatic heterocycles. The molecule has 0 saturated carbocycles. The van der Waals surface area contributed by atoms with E-state index in [0.717, 1.165) is 5.56 Å². The summed E-state index contributed by atoms with van der Waals surface area (Å²) >= 11 is 0. The van der Waals surface area contributed by atoms with E-state index in [2.05, 4.69) is 103 Å². The molecule has 0 unspecified atom stereocenters. The molecule has 0 aliphatic carbocycles. The predicted octanol–water partition coefficient (Wildman–Crippen LogP) is 5.23. The highest BCUT2D eigenvalue weighted by Gasteiger charge is 2.06. The van der Waals surface area contributed by atoms with Gasteiger partial charge in [-0.2, -0.15) is 0 Å². The Hall–Kier alpha value is -2.92. The zero-order chi connectivity index (χ0) is 17.0. The molecule has 0 amide bonds. The Balaban J connectivity index is 2.05. The molecular formula is C23H18Si. The second-order valence-corrected chi connectivity index (χ2v) is 11.4. The summed E-state index contributed by atoms with van der Waals surface area (Å²) in [5.41, 5.74) is 4.23. The van der Waals surface area contributed by atoms with Crippen LogP contribution in [0.15, 0.2) is 54.6 Å². The summed E-state index contributed by atoms with van der Waals surface area (Å²) in [6, 6.07) is 18.9. The van der Waals surface area contributed by atoms with E-state index < -0.39 is 8.07 Å². The lowest BCUT2D eigenvalue weighted by molar-refractivity contribution is 1.73. The van der Waals surface area contributed by atoms with Gasteiger partial charge >= 0.3 is 0 Å². The second-order valence-electron chi connectivity index (χ2n) is 6.69. The number of hydrogen-bond donors (Lipinski definition) is 0. The van der Waals surface area contributed by atoms with E-state index in [9.17, 15) is 0 Å². The maximum atomic E-state index is 3.22. The Bertz CT molecular complexity index is 1090. The Kier molecular flexibility index (Phi) is 4.44. The van der Waals surface area contributed by atoms with Crippen LogP contribution < -0.4 is 0 Å². The van der Waals surface area contributed by atoms with Crippen molar-refractivity contribution < 1.29 is 0 Å². The van der Waals surface area contributed by atoms with Crippen molar-refractivity contribution in [2.24, 2.45) is 0 Å². The fourth-order valence-corrected chi connectivity index (χ4v) is 2.98. The maximum absolute atomic E-state index is 3.22. The van der Waals surface area contributed by atoms with E-state index in [4.69, 9.17) is 0 Å². The summed E-state index contributed by atoms with van der Waals surface area (Å²) in [7, 11) is -1.36. The molecule has 0 atom stereocenters. The molecule has 0 N–H and O–H groups in total. The molecule has 0 spiro atoms. The number of rotatable bonds is 0. The van der Waals surface area contributed by atoms with Crippen molar-refractivity contribution in [3.8, 4) is 35.1 Å². The molecule has 3 aromatic carbocycles. The van der Waals surface area contributed by atoms with Gasteiger partial charge in [0.1, 0.15) is 8.07 Å². The van der Waals surface area contributed by atoms with E-state index in [0.29, 0.717) is 0 Å². The van der Waals surface area contributed by atoms with E-state index in [-0.39, 0.29) is 0 Å². The standard InChI is InChI=1S/C23H18Si/c1-24(2,3)17-11-5-4-6-12-19-18-20-13-7-8-14-21(20)23-16-10-9-15-22(19)23/h7-10,13-16,18H,1-3H3. The normalized spacial score (nSPS) is 10.1. The van der Waals surface area contributed by atoms with Crippen LogP contribution >= 0.6 is 0 Å². The van der Waals surface area contributed by atoms with Crippen molar-refractivity contribution in [2.75, 3.05) is 0 Å². The molecule has 114 valence electrons. The smallest absolute Gasteiger partial charge is 0.118 e. The van der Waals surface area contributed by atoms with Crippen molar-refractivity contribution in [1.29, 1.82) is 0 Å². The lowest BCUT2D eigenvalue weighted by Gasteiger charge is -2.06. The van der Waals surface area contributed by atoms with Crippen LogP contribution in [0.2, 0.25) is 19.6 Å². The second kappa shape index (κ2) is 6.68. The third-order valence-corrected chi connectivity index (χ3v) is 4.47. The van der Waals surface area contributed by atoms with Crippen LogP contribution in [0.1, 0.15) is 5.56 Å². The van der Waals surface area contributed by atoms with Crippen molar-refractivity contribution >= 4 is 29.6 Å². The van der Waals surface area contributed by atoms with E-state index in [1.807, 2.05) is 6.07 Å². The molecule has 0 aliphatic rings. The maximum Gasteiger partial charge on any atom is 0.130 e. The molecule has 3 rings (SSSR count). The summed E-state index contributed by atoms with van der Waals surface area (Å²) in [6.07, 6.45) is 0. The van der Waals surface area contributed by atoms with Crippen molar-refractivity contribution in [1.82, 2.24) is 0 Å². The van der Waals surface area contributed by atoms with Crippen molar-refractivity contribution in [3.05, 3.63) is 60.2 Å². The van der Waals surface area contributed by atoms with Crippen LogP contribution in [0.3, 0.4) is 0 Å². The molecule has 1 heteroatoms. The molecule has 0 radical (unpaired) electrons. The Morgan fingerprint density at radius 1 is 0.667 bits per heavy atom. The van der Waals surface area contributed by atoms with E-state index in [1.54, 1.807) is 0 Å². The molecule has 3 aromatic rings. The highest BCUT2D eigenvalue weighted by atomic mass is 28.3. The van der Waals surface area contributed by atoms with E-state index in [1.165, 1.54) is 21.5 Å². The quantitative estimate of drug-likeness (QED) is 0.302. The zero-order valence-electron chi connectivity index (χ0n) is 14.2. The summed E-state index contributed by atoms with van der Waals surface area (Å²) in [6.45, 7) is 6.61. The van der Waals surface area contributed by atoms with Gasteiger partial charge < -0.3 is 0 Å². The SMILES string of the molecule is C[Si](C)(C)C#CC#CC#Cc1cc2ccccc2c2ccccc12. The minimum absolute atomic E-state index is 1.01. The van der Waals surface area contributed by atoms with Gasteiger partial charge in [-0.15, -0.1) is 5.54 Å². The van der Waals surface area contributed by atoms with Crippen molar-refractivity contribution in [2.45, 2.75) is 19.6 Å². The number of hydrogen-bond acceptors (Lipinski definition) is 0.